The van der Waals surface area contributed by atoms with Gasteiger partial charge in [-0.05, 0) is 19.8 Å². The summed E-state index contributed by atoms with van der Waals surface area (Å²) in [6.07, 6.45) is 7.00. The van der Waals surface area contributed by atoms with Crippen LogP contribution in [0.25, 0.3) is 11.3 Å². The second-order valence-corrected chi connectivity index (χ2v) is 7.35. The lowest BCUT2D eigenvalue weighted by atomic mass is 9.96. The molecule has 3 heterocycles. The van der Waals surface area contributed by atoms with Crippen molar-refractivity contribution in [3.05, 3.63) is 60.9 Å². The summed E-state index contributed by atoms with van der Waals surface area (Å²) in [7, 11) is 0. The molecule has 7 nitrogen and oxygen atoms in total. The van der Waals surface area contributed by atoms with Gasteiger partial charge in [-0.25, -0.2) is 15.0 Å². The number of imidazole rings is 1. The second-order valence-electron chi connectivity index (χ2n) is 7.35. The number of nitrogens with one attached hydrogen (secondary N) is 1. The van der Waals surface area contributed by atoms with E-state index in [2.05, 4.69) is 25.2 Å². The van der Waals surface area contributed by atoms with Crippen LogP contribution in [0.5, 0.6) is 0 Å². The van der Waals surface area contributed by atoms with Gasteiger partial charge in [-0.15, -0.1) is 0 Å². The Morgan fingerprint density at radius 3 is 2.66 bits per heavy atom. The quantitative estimate of drug-likeness (QED) is 0.700. The van der Waals surface area contributed by atoms with E-state index < -0.39 is 0 Å². The van der Waals surface area contributed by atoms with E-state index in [4.69, 9.17) is 0 Å². The van der Waals surface area contributed by atoms with Gasteiger partial charge in [-0.1, -0.05) is 30.3 Å². The first-order valence-electron chi connectivity index (χ1n) is 10.1. The van der Waals surface area contributed by atoms with Gasteiger partial charge in [0, 0.05) is 56.1 Å². The fraction of sp³-hybridized carbons (Fsp3) is 0.364. The number of hydrogen-bond acceptors (Lipinski definition) is 5. The maximum atomic E-state index is 12.5. The van der Waals surface area contributed by atoms with Gasteiger partial charge in [0.1, 0.15) is 18.0 Å². The molecule has 0 saturated carbocycles. The Morgan fingerprint density at radius 1 is 1.14 bits per heavy atom. The van der Waals surface area contributed by atoms with Crippen LogP contribution in [-0.2, 0) is 11.3 Å². The molecule has 1 aliphatic heterocycles. The van der Waals surface area contributed by atoms with Crippen molar-refractivity contribution in [2.75, 3.05) is 24.5 Å². The minimum absolute atomic E-state index is 0.0607. The maximum absolute atomic E-state index is 12.5. The number of carbonyl (C=O) groups excluding carboxylic acids is 1. The average Bonchev–Trinajstić information content (AvgIpc) is 3.19. The van der Waals surface area contributed by atoms with Crippen molar-refractivity contribution in [2.24, 2.45) is 5.92 Å². The van der Waals surface area contributed by atoms with Gasteiger partial charge in [-0.3, -0.25) is 4.79 Å². The molecule has 150 valence electrons. The number of rotatable bonds is 6. The summed E-state index contributed by atoms with van der Waals surface area (Å²) < 4.78 is 2.04. The number of aryl methyl sites for hydroxylation is 1. The van der Waals surface area contributed by atoms with Crippen molar-refractivity contribution in [1.29, 1.82) is 0 Å². The van der Waals surface area contributed by atoms with E-state index >= 15 is 0 Å². The zero-order valence-electron chi connectivity index (χ0n) is 16.7. The highest BCUT2D eigenvalue weighted by atomic mass is 16.1. The number of piperidine rings is 1. The lowest BCUT2D eigenvalue weighted by Gasteiger charge is -2.32. The molecule has 0 aliphatic carbocycles. The van der Waals surface area contributed by atoms with Crippen LogP contribution in [0.1, 0.15) is 18.7 Å². The summed E-state index contributed by atoms with van der Waals surface area (Å²) in [6.45, 7) is 4.99. The number of hydrogen-bond donors (Lipinski definition) is 1. The second kappa shape index (κ2) is 8.86. The van der Waals surface area contributed by atoms with Gasteiger partial charge in [-0.2, -0.15) is 0 Å². The van der Waals surface area contributed by atoms with E-state index in [9.17, 15) is 4.79 Å². The van der Waals surface area contributed by atoms with E-state index in [0.717, 1.165) is 55.4 Å². The Balaban J connectivity index is 1.29. The summed E-state index contributed by atoms with van der Waals surface area (Å²) in [5.41, 5.74) is 2.00. The number of nitrogens with zero attached hydrogens (tertiary/aromatic N) is 5. The first-order valence-corrected chi connectivity index (χ1v) is 10.1. The van der Waals surface area contributed by atoms with Crippen molar-refractivity contribution in [1.82, 2.24) is 24.8 Å². The summed E-state index contributed by atoms with van der Waals surface area (Å²) in [4.78, 5) is 27.8. The third-order valence-corrected chi connectivity index (χ3v) is 5.49. The summed E-state index contributed by atoms with van der Waals surface area (Å²) in [5, 5.41) is 3.07. The van der Waals surface area contributed by atoms with Crippen LogP contribution in [0.4, 0.5) is 5.82 Å². The average molecular weight is 390 g/mol. The Labute approximate surface area is 170 Å². The molecule has 1 aliphatic rings. The molecule has 1 aromatic carbocycles. The minimum Gasteiger partial charge on any atom is -0.356 e. The predicted molar refractivity (Wildman–Crippen MR) is 112 cm³/mol. The molecular formula is C22H26N6O. The SMILES string of the molecule is Cc1nccn1CCNC(=O)C1CCN(c2cc(-c3ccccc3)ncn2)CC1. The molecule has 29 heavy (non-hydrogen) atoms. The molecule has 4 rings (SSSR count). The van der Waals surface area contributed by atoms with Crippen LogP contribution in [0, 0.1) is 12.8 Å². The summed E-state index contributed by atoms with van der Waals surface area (Å²) in [5.74, 6) is 2.10. The van der Waals surface area contributed by atoms with Crippen molar-refractivity contribution >= 4 is 11.7 Å². The largest absolute Gasteiger partial charge is 0.356 e. The van der Waals surface area contributed by atoms with Gasteiger partial charge in [0.25, 0.3) is 0 Å². The predicted octanol–water partition coefficient (Wildman–Crippen LogP) is 2.68. The Morgan fingerprint density at radius 2 is 1.93 bits per heavy atom. The van der Waals surface area contributed by atoms with Crippen LogP contribution < -0.4 is 10.2 Å². The lowest BCUT2D eigenvalue weighted by Crippen LogP contribution is -2.41. The number of carbonyl (C=O) groups is 1. The number of anilines is 1. The molecular weight excluding hydrogens is 364 g/mol. The van der Waals surface area contributed by atoms with Gasteiger partial charge in [0.15, 0.2) is 0 Å². The van der Waals surface area contributed by atoms with Crippen LogP contribution in [0.15, 0.2) is 55.1 Å². The first kappa shape index (κ1) is 19.1. The molecule has 1 amide bonds. The zero-order chi connectivity index (χ0) is 20.1. The fourth-order valence-electron chi connectivity index (χ4n) is 3.74. The van der Waals surface area contributed by atoms with Gasteiger partial charge < -0.3 is 14.8 Å². The third kappa shape index (κ3) is 4.62. The maximum Gasteiger partial charge on any atom is 0.223 e. The molecule has 0 atom stereocenters. The zero-order valence-corrected chi connectivity index (χ0v) is 16.7. The van der Waals surface area contributed by atoms with Gasteiger partial charge >= 0.3 is 0 Å². The van der Waals surface area contributed by atoms with Gasteiger partial charge in [0.05, 0.1) is 5.69 Å². The van der Waals surface area contributed by atoms with Crippen LogP contribution in [0.2, 0.25) is 0 Å². The molecule has 2 aromatic heterocycles. The van der Waals surface area contributed by atoms with Crippen molar-refractivity contribution in [3.63, 3.8) is 0 Å². The van der Waals surface area contributed by atoms with E-state index in [0.29, 0.717) is 6.54 Å². The minimum atomic E-state index is 0.0607. The molecule has 0 bridgehead atoms. The normalized spacial score (nSPS) is 14.7. The Bertz CT molecular complexity index is 947. The highest BCUT2D eigenvalue weighted by molar-refractivity contribution is 5.79. The molecule has 0 unspecified atom stereocenters. The molecule has 7 heteroatoms. The van der Waals surface area contributed by atoms with Crippen LogP contribution >= 0.6 is 0 Å². The number of amides is 1. The topological polar surface area (TPSA) is 75.9 Å². The number of aromatic nitrogens is 4. The van der Waals surface area contributed by atoms with E-state index in [1.165, 1.54) is 0 Å². The summed E-state index contributed by atoms with van der Waals surface area (Å²) >= 11 is 0. The Hall–Kier alpha value is -3.22. The Kier molecular flexibility index (Phi) is 5.84. The monoisotopic (exact) mass is 390 g/mol. The highest BCUT2D eigenvalue weighted by Gasteiger charge is 2.25. The third-order valence-electron chi connectivity index (χ3n) is 5.49. The van der Waals surface area contributed by atoms with Crippen molar-refractivity contribution in [3.8, 4) is 11.3 Å². The first-order chi connectivity index (χ1) is 14.2. The van der Waals surface area contributed by atoms with Gasteiger partial charge in [0.2, 0.25) is 5.91 Å². The molecule has 1 saturated heterocycles. The molecule has 1 fully saturated rings. The smallest absolute Gasteiger partial charge is 0.223 e. The van der Waals surface area contributed by atoms with Crippen molar-refractivity contribution < 1.29 is 4.79 Å². The lowest BCUT2D eigenvalue weighted by molar-refractivity contribution is -0.125. The molecule has 3 aromatic rings. The van der Waals surface area contributed by atoms with E-state index in [1.807, 2.05) is 54.1 Å². The van der Waals surface area contributed by atoms with Crippen molar-refractivity contribution in [2.45, 2.75) is 26.3 Å². The molecule has 1 N–H and O–H groups in total. The molecule has 0 radical (unpaired) electrons. The van der Waals surface area contributed by atoms with E-state index in [1.54, 1.807) is 12.5 Å². The molecule has 0 spiro atoms. The van der Waals surface area contributed by atoms with Crippen LogP contribution in [0.3, 0.4) is 0 Å². The fourth-order valence-corrected chi connectivity index (χ4v) is 3.74. The number of benzene rings is 1. The van der Waals surface area contributed by atoms with Crippen LogP contribution in [-0.4, -0.2) is 45.1 Å². The van der Waals surface area contributed by atoms with E-state index in [-0.39, 0.29) is 11.8 Å². The summed E-state index contributed by atoms with van der Waals surface area (Å²) in [6, 6.07) is 12.1. The standard InChI is InChI=1S/C22H26N6O/c1-17-23-9-13-27(17)14-10-24-22(29)19-7-11-28(12-8-19)21-15-20(25-16-26-21)18-5-3-2-4-6-18/h2-6,9,13,15-16,19H,7-8,10-12,14H2,1H3,(H,24,29). The highest BCUT2D eigenvalue weighted by Crippen LogP contribution is 2.25.